The monoisotopic (exact) mass is 291 g/mol. The van der Waals surface area contributed by atoms with E-state index in [-0.39, 0.29) is 11.6 Å². The second-order valence-corrected chi connectivity index (χ2v) is 5.99. The van der Waals surface area contributed by atoms with E-state index in [1.54, 1.807) is 0 Å². The van der Waals surface area contributed by atoms with Crippen molar-refractivity contribution < 1.29 is 4.74 Å². The predicted octanol–water partition coefficient (Wildman–Crippen LogP) is 2.76. The van der Waals surface area contributed by atoms with Crippen LogP contribution in [0.15, 0.2) is 18.3 Å². The number of aryl methyl sites for hydroxylation is 1. The summed E-state index contributed by atoms with van der Waals surface area (Å²) < 4.78 is 6.17. The molecule has 1 saturated carbocycles. The molecule has 4 heteroatoms. The standard InChI is InChI=1S/C17H29N3O/c1-3-14-8-9-15(19-13-14)12-16(20-18)17(21-4-2)10-6-5-7-11-17/h8-9,13,16,20H,3-7,10-12,18H2,1-2H3. The van der Waals surface area contributed by atoms with Crippen molar-refractivity contribution in [2.45, 2.75) is 70.4 Å². The van der Waals surface area contributed by atoms with E-state index < -0.39 is 0 Å². The summed E-state index contributed by atoms with van der Waals surface area (Å²) in [5, 5.41) is 0. The van der Waals surface area contributed by atoms with E-state index in [1.165, 1.54) is 24.8 Å². The van der Waals surface area contributed by atoms with Crippen LogP contribution in [0.5, 0.6) is 0 Å². The van der Waals surface area contributed by atoms with Crippen molar-refractivity contribution in [2.24, 2.45) is 5.84 Å². The first-order valence-corrected chi connectivity index (χ1v) is 8.28. The Morgan fingerprint density at radius 3 is 2.57 bits per heavy atom. The summed E-state index contributed by atoms with van der Waals surface area (Å²) >= 11 is 0. The zero-order chi connectivity index (χ0) is 15.1. The fourth-order valence-electron chi connectivity index (χ4n) is 3.42. The maximum Gasteiger partial charge on any atom is 0.0851 e. The van der Waals surface area contributed by atoms with Gasteiger partial charge in [0.1, 0.15) is 0 Å². The third-order valence-corrected chi connectivity index (χ3v) is 4.68. The van der Waals surface area contributed by atoms with Crippen LogP contribution in [0.1, 0.15) is 57.2 Å². The highest BCUT2D eigenvalue weighted by molar-refractivity contribution is 5.15. The molecule has 0 amide bonds. The predicted molar refractivity (Wildman–Crippen MR) is 85.9 cm³/mol. The van der Waals surface area contributed by atoms with Crippen molar-refractivity contribution in [2.75, 3.05) is 6.61 Å². The molecule has 1 fully saturated rings. The molecule has 1 aromatic heterocycles. The molecule has 3 N–H and O–H groups in total. The maximum atomic E-state index is 6.17. The van der Waals surface area contributed by atoms with Crippen molar-refractivity contribution >= 4 is 0 Å². The molecule has 1 aromatic rings. The van der Waals surface area contributed by atoms with Gasteiger partial charge < -0.3 is 4.74 Å². The highest BCUT2D eigenvalue weighted by atomic mass is 16.5. The zero-order valence-corrected chi connectivity index (χ0v) is 13.4. The van der Waals surface area contributed by atoms with E-state index in [4.69, 9.17) is 10.6 Å². The van der Waals surface area contributed by atoms with Crippen molar-refractivity contribution in [1.29, 1.82) is 0 Å². The van der Waals surface area contributed by atoms with Gasteiger partial charge in [0.15, 0.2) is 0 Å². The Kier molecular flexibility index (Phi) is 6.15. The Morgan fingerprint density at radius 2 is 2.05 bits per heavy atom. The van der Waals surface area contributed by atoms with Gasteiger partial charge in [0.2, 0.25) is 0 Å². The Labute approximate surface area is 128 Å². The molecule has 4 nitrogen and oxygen atoms in total. The molecule has 21 heavy (non-hydrogen) atoms. The minimum atomic E-state index is -0.132. The third kappa shape index (κ3) is 4.02. The number of hydrazine groups is 1. The number of nitrogens with one attached hydrogen (secondary N) is 1. The normalized spacial score (nSPS) is 19.4. The summed E-state index contributed by atoms with van der Waals surface area (Å²) in [5.74, 6) is 5.87. The van der Waals surface area contributed by atoms with E-state index in [0.717, 1.165) is 38.0 Å². The van der Waals surface area contributed by atoms with Crippen molar-refractivity contribution in [3.8, 4) is 0 Å². The summed E-state index contributed by atoms with van der Waals surface area (Å²) in [7, 11) is 0. The van der Waals surface area contributed by atoms with Crippen LogP contribution in [-0.2, 0) is 17.6 Å². The lowest BCUT2D eigenvalue weighted by atomic mass is 9.77. The highest BCUT2D eigenvalue weighted by Gasteiger charge is 2.40. The lowest BCUT2D eigenvalue weighted by Gasteiger charge is -2.43. The van der Waals surface area contributed by atoms with E-state index >= 15 is 0 Å². The number of nitrogens with zero attached hydrogens (tertiary/aromatic N) is 1. The molecule has 0 aromatic carbocycles. The molecule has 1 aliphatic rings. The fourth-order valence-corrected chi connectivity index (χ4v) is 3.42. The van der Waals surface area contributed by atoms with Crippen LogP contribution in [-0.4, -0.2) is 23.2 Å². The molecule has 0 spiro atoms. The van der Waals surface area contributed by atoms with E-state index in [1.807, 2.05) is 6.20 Å². The van der Waals surface area contributed by atoms with Crippen molar-refractivity contribution in [3.63, 3.8) is 0 Å². The van der Waals surface area contributed by atoms with Gasteiger partial charge in [0.25, 0.3) is 0 Å². The summed E-state index contributed by atoms with van der Waals surface area (Å²) in [5.41, 5.74) is 5.23. The topological polar surface area (TPSA) is 60.2 Å². The number of aromatic nitrogens is 1. The fraction of sp³-hybridized carbons (Fsp3) is 0.706. The van der Waals surface area contributed by atoms with Crippen LogP contribution in [0.25, 0.3) is 0 Å². The first-order valence-electron chi connectivity index (χ1n) is 8.28. The average Bonchev–Trinajstić information content (AvgIpc) is 2.54. The summed E-state index contributed by atoms with van der Waals surface area (Å²) in [6, 6.07) is 4.40. The molecular weight excluding hydrogens is 262 g/mol. The molecule has 1 heterocycles. The number of hydrogen-bond donors (Lipinski definition) is 2. The number of hydrogen-bond acceptors (Lipinski definition) is 4. The largest absolute Gasteiger partial charge is 0.374 e. The quantitative estimate of drug-likeness (QED) is 0.599. The zero-order valence-electron chi connectivity index (χ0n) is 13.4. The molecule has 2 rings (SSSR count). The van der Waals surface area contributed by atoms with Crippen LogP contribution < -0.4 is 11.3 Å². The van der Waals surface area contributed by atoms with Gasteiger partial charge >= 0.3 is 0 Å². The molecule has 0 saturated heterocycles. The Hall–Kier alpha value is -0.970. The van der Waals surface area contributed by atoms with E-state index in [9.17, 15) is 0 Å². The molecule has 0 aliphatic heterocycles. The number of pyridine rings is 1. The van der Waals surface area contributed by atoms with Gasteiger partial charge in [-0.05, 0) is 37.8 Å². The van der Waals surface area contributed by atoms with Crippen LogP contribution >= 0.6 is 0 Å². The van der Waals surface area contributed by atoms with Gasteiger partial charge in [0.05, 0.1) is 11.6 Å². The Morgan fingerprint density at radius 1 is 1.29 bits per heavy atom. The molecule has 118 valence electrons. The van der Waals surface area contributed by atoms with Gasteiger partial charge in [-0.2, -0.15) is 0 Å². The second kappa shape index (κ2) is 7.87. The number of rotatable bonds is 7. The van der Waals surface area contributed by atoms with Crippen LogP contribution in [0.2, 0.25) is 0 Å². The minimum Gasteiger partial charge on any atom is -0.374 e. The van der Waals surface area contributed by atoms with Gasteiger partial charge in [-0.25, -0.2) is 0 Å². The number of nitrogens with two attached hydrogens (primary N) is 1. The Balaban J connectivity index is 2.11. The van der Waals surface area contributed by atoms with Gasteiger partial charge in [-0.15, -0.1) is 0 Å². The second-order valence-electron chi connectivity index (χ2n) is 5.99. The molecular formula is C17H29N3O. The average molecular weight is 291 g/mol. The SMILES string of the molecule is CCOC1(C(Cc2ccc(CC)cn2)NN)CCCCC1. The van der Waals surface area contributed by atoms with Crippen LogP contribution in [0.3, 0.4) is 0 Å². The van der Waals surface area contributed by atoms with Crippen molar-refractivity contribution in [3.05, 3.63) is 29.6 Å². The molecule has 0 radical (unpaired) electrons. The minimum absolute atomic E-state index is 0.123. The smallest absolute Gasteiger partial charge is 0.0851 e. The summed E-state index contributed by atoms with van der Waals surface area (Å²) in [6.07, 6.45) is 9.73. The summed E-state index contributed by atoms with van der Waals surface area (Å²) in [4.78, 5) is 4.57. The van der Waals surface area contributed by atoms with Crippen LogP contribution in [0, 0.1) is 0 Å². The van der Waals surface area contributed by atoms with Gasteiger partial charge in [0, 0.05) is 24.9 Å². The maximum absolute atomic E-state index is 6.17. The van der Waals surface area contributed by atoms with Gasteiger partial charge in [-0.1, -0.05) is 32.3 Å². The molecule has 0 bridgehead atoms. The third-order valence-electron chi connectivity index (χ3n) is 4.68. The molecule has 1 unspecified atom stereocenters. The van der Waals surface area contributed by atoms with Crippen LogP contribution in [0.4, 0.5) is 0 Å². The Bertz CT molecular complexity index is 407. The first kappa shape index (κ1) is 16.4. The van der Waals surface area contributed by atoms with Gasteiger partial charge in [-0.3, -0.25) is 16.3 Å². The number of ether oxygens (including phenoxy) is 1. The lowest BCUT2D eigenvalue weighted by molar-refractivity contribution is -0.0900. The summed E-state index contributed by atoms with van der Waals surface area (Å²) in [6.45, 7) is 4.95. The highest BCUT2D eigenvalue weighted by Crippen LogP contribution is 2.35. The van der Waals surface area contributed by atoms with Crippen molar-refractivity contribution in [1.82, 2.24) is 10.4 Å². The van der Waals surface area contributed by atoms with E-state index in [2.05, 4.69) is 36.4 Å². The lowest BCUT2D eigenvalue weighted by Crippen LogP contribution is -2.57. The molecule has 1 atom stereocenters. The molecule has 1 aliphatic carbocycles. The first-order chi connectivity index (χ1) is 10.2. The van der Waals surface area contributed by atoms with E-state index in [0.29, 0.717) is 0 Å².